The molecule has 0 saturated carbocycles. The summed E-state index contributed by atoms with van der Waals surface area (Å²) >= 11 is 0. The second-order valence-corrected chi connectivity index (χ2v) is 4.12. The third-order valence-electron chi connectivity index (χ3n) is 2.83. The fourth-order valence-corrected chi connectivity index (χ4v) is 2.02. The minimum Gasteiger partial charge on any atom is -0.480 e. The van der Waals surface area contributed by atoms with Crippen molar-refractivity contribution in [2.24, 2.45) is 0 Å². The number of aliphatic carboxylic acids is 1. The van der Waals surface area contributed by atoms with Gasteiger partial charge in [0.1, 0.15) is 18.7 Å². The summed E-state index contributed by atoms with van der Waals surface area (Å²) in [6, 6.07) is -3.64. The molecule has 19 heavy (non-hydrogen) atoms. The van der Waals surface area contributed by atoms with Gasteiger partial charge in [-0.2, -0.15) is 13.2 Å². The van der Waals surface area contributed by atoms with Crippen LogP contribution in [0, 0.1) is 0 Å². The van der Waals surface area contributed by atoms with Crippen LogP contribution in [0.5, 0.6) is 0 Å². The SMILES string of the molecule is C=CCOC(=O)N1[C@H](C(=O)O)CCC[C@@H]1C(F)(F)F. The van der Waals surface area contributed by atoms with Crippen LogP contribution in [0.1, 0.15) is 19.3 Å². The molecular weight excluding hydrogens is 267 g/mol. The van der Waals surface area contributed by atoms with Crippen molar-refractivity contribution < 1.29 is 32.6 Å². The summed E-state index contributed by atoms with van der Waals surface area (Å²) in [7, 11) is 0. The van der Waals surface area contributed by atoms with Gasteiger partial charge in [0.2, 0.25) is 0 Å². The highest BCUT2D eigenvalue weighted by Crippen LogP contribution is 2.35. The van der Waals surface area contributed by atoms with Crippen molar-refractivity contribution in [3.63, 3.8) is 0 Å². The summed E-state index contributed by atoms with van der Waals surface area (Å²) in [6.45, 7) is 2.99. The summed E-state index contributed by atoms with van der Waals surface area (Å²) in [5, 5.41) is 8.93. The standard InChI is InChI=1S/C11H14F3NO4/c1-2-6-19-10(18)15-7(9(16)17)4-3-5-8(15)11(12,13)14/h2,7-8H,1,3-6H2,(H,16,17)/t7-,8+/m0/s1. The number of carboxylic acids is 1. The van der Waals surface area contributed by atoms with E-state index in [0.29, 0.717) is 0 Å². The number of nitrogens with zero attached hydrogens (tertiary/aromatic N) is 1. The number of hydrogen-bond acceptors (Lipinski definition) is 3. The number of carbonyl (C=O) groups is 2. The van der Waals surface area contributed by atoms with Crippen molar-refractivity contribution in [1.29, 1.82) is 0 Å². The maximum absolute atomic E-state index is 12.8. The van der Waals surface area contributed by atoms with Gasteiger partial charge in [0.25, 0.3) is 0 Å². The normalized spacial score (nSPS) is 23.8. The van der Waals surface area contributed by atoms with Crippen LogP contribution in [0.4, 0.5) is 18.0 Å². The molecule has 1 aliphatic rings. The van der Waals surface area contributed by atoms with Gasteiger partial charge in [-0.15, -0.1) is 0 Å². The maximum Gasteiger partial charge on any atom is 0.411 e. The van der Waals surface area contributed by atoms with Crippen LogP contribution in [-0.2, 0) is 9.53 Å². The van der Waals surface area contributed by atoms with E-state index in [9.17, 15) is 22.8 Å². The lowest BCUT2D eigenvalue weighted by atomic mass is 9.95. The molecular formula is C11H14F3NO4. The van der Waals surface area contributed by atoms with Crippen LogP contribution >= 0.6 is 0 Å². The van der Waals surface area contributed by atoms with Gasteiger partial charge in [-0.1, -0.05) is 12.7 Å². The molecule has 0 radical (unpaired) electrons. The molecule has 2 atom stereocenters. The van der Waals surface area contributed by atoms with Crippen LogP contribution in [-0.4, -0.2) is 46.9 Å². The van der Waals surface area contributed by atoms with E-state index in [-0.39, 0.29) is 30.8 Å². The summed E-state index contributed by atoms with van der Waals surface area (Å²) in [5.74, 6) is -1.47. The van der Waals surface area contributed by atoms with Gasteiger partial charge >= 0.3 is 18.2 Å². The average molecular weight is 281 g/mol. The van der Waals surface area contributed by atoms with E-state index in [1.165, 1.54) is 6.08 Å². The van der Waals surface area contributed by atoms with E-state index in [4.69, 9.17) is 5.11 Å². The predicted molar refractivity (Wildman–Crippen MR) is 58.5 cm³/mol. The van der Waals surface area contributed by atoms with Crippen molar-refractivity contribution >= 4 is 12.1 Å². The van der Waals surface area contributed by atoms with Gasteiger partial charge in [0, 0.05) is 0 Å². The predicted octanol–water partition coefficient (Wildman–Crippen LogP) is 2.18. The fraction of sp³-hybridized carbons (Fsp3) is 0.636. The van der Waals surface area contributed by atoms with E-state index >= 15 is 0 Å². The van der Waals surface area contributed by atoms with Crippen molar-refractivity contribution in [2.45, 2.75) is 37.5 Å². The number of ether oxygens (including phenoxy) is 1. The quantitative estimate of drug-likeness (QED) is 0.805. The van der Waals surface area contributed by atoms with E-state index in [2.05, 4.69) is 11.3 Å². The molecule has 1 amide bonds. The minimum atomic E-state index is -4.68. The smallest absolute Gasteiger partial charge is 0.411 e. The summed E-state index contributed by atoms with van der Waals surface area (Å²) in [5.41, 5.74) is 0. The number of carbonyl (C=O) groups excluding carboxylic acids is 1. The lowest BCUT2D eigenvalue weighted by Crippen LogP contribution is -2.58. The van der Waals surface area contributed by atoms with E-state index in [1.807, 2.05) is 0 Å². The molecule has 0 aromatic carbocycles. The zero-order chi connectivity index (χ0) is 14.6. The van der Waals surface area contributed by atoms with Gasteiger partial charge in [-0.25, -0.2) is 9.59 Å². The van der Waals surface area contributed by atoms with Crippen molar-refractivity contribution in [3.8, 4) is 0 Å². The first-order valence-corrected chi connectivity index (χ1v) is 5.64. The lowest BCUT2D eigenvalue weighted by Gasteiger charge is -2.39. The van der Waals surface area contributed by atoms with Gasteiger partial charge in [-0.3, -0.25) is 4.90 Å². The summed E-state index contributed by atoms with van der Waals surface area (Å²) < 4.78 is 43.1. The molecule has 108 valence electrons. The van der Waals surface area contributed by atoms with Crippen LogP contribution in [0.3, 0.4) is 0 Å². The highest BCUT2D eigenvalue weighted by atomic mass is 19.4. The van der Waals surface area contributed by atoms with Gasteiger partial charge in [0.15, 0.2) is 0 Å². The molecule has 0 spiro atoms. The number of piperidine rings is 1. The Morgan fingerprint density at radius 1 is 1.42 bits per heavy atom. The Morgan fingerprint density at radius 2 is 2.05 bits per heavy atom. The Balaban J connectivity index is 2.99. The number of rotatable bonds is 3. The van der Waals surface area contributed by atoms with Crippen LogP contribution in [0.15, 0.2) is 12.7 Å². The van der Waals surface area contributed by atoms with E-state index in [0.717, 1.165) is 0 Å². The number of hydrogen-bond donors (Lipinski definition) is 1. The molecule has 0 bridgehead atoms. The van der Waals surface area contributed by atoms with Crippen molar-refractivity contribution in [1.82, 2.24) is 4.90 Å². The molecule has 1 fully saturated rings. The van der Waals surface area contributed by atoms with Gasteiger partial charge in [0.05, 0.1) is 0 Å². The number of carboxylic acid groups (broad SMARTS) is 1. The largest absolute Gasteiger partial charge is 0.480 e. The highest BCUT2D eigenvalue weighted by molar-refractivity contribution is 5.80. The topological polar surface area (TPSA) is 66.8 Å². The Morgan fingerprint density at radius 3 is 2.53 bits per heavy atom. The molecule has 8 heteroatoms. The Labute approximate surface area is 107 Å². The Kier molecular flexibility index (Phi) is 4.79. The molecule has 5 nitrogen and oxygen atoms in total. The van der Waals surface area contributed by atoms with Crippen LogP contribution in [0.25, 0.3) is 0 Å². The first-order valence-electron chi connectivity index (χ1n) is 5.64. The maximum atomic E-state index is 12.8. The molecule has 0 aromatic rings. The summed E-state index contributed by atoms with van der Waals surface area (Å²) in [4.78, 5) is 22.9. The highest BCUT2D eigenvalue weighted by Gasteiger charge is 2.51. The molecule has 1 heterocycles. The molecule has 0 aromatic heterocycles. The lowest BCUT2D eigenvalue weighted by molar-refractivity contribution is -0.195. The average Bonchev–Trinajstić information content (AvgIpc) is 2.33. The second-order valence-electron chi connectivity index (χ2n) is 4.12. The number of amides is 1. The third-order valence-corrected chi connectivity index (χ3v) is 2.83. The van der Waals surface area contributed by atoms with Crippen LogP contribution in [0.2, 0.25) is 0 Å². The molecule has 1 aliphatic heterocycles. The fourth-order valence-electron chi connectivity index (χ4n) is 2.02. The second kappa shape index (κ2) is 5.94. The van der Waals surface area contributed by atoms with E-state index < -0.39 is 30.3 Å². The van der Waals surface area contributed by atoms with Crippen molar-refractivity contribution in [2.75, 3.05) is 6.61 Å². The third kappa shape index (κ3) is 3.62. The van der Waals surface area contributed by atoms with Crippen molar-refractivity contribution in [3.05, 3.63) is 12.7 Å². The molecule has 0 aliphatic carbocycles. The zero-order valence-electron chi connectivity index (χ0n) is 10.0. The number of likely N-dealkylation sites (tertiary alicyclic amines) is 1. The Bertz CT molecular complexity index is 369. The number of alkyl halides is 3. The zero-order valence-corrected chi connectivity index (χ0v) is 10.0. The Hall–Kier alpha value is -1.73. The molecule has 1 rings (SSSR count). The summed E-state index contributed by atoms with van der Waals surface area (Å²) in [6.07, 6.45) is -5.02. The minimum absolute atomic E-state index is 0.0227. The first kappa shape index (κ1) is 15.3. The van der Waals surface area contributed by atoms with E-state index in [1.54, 1.807) is 0 Å². The van der Waals surface area contributed by atoms with Crippen LogP contribution < -0.4 is 0 Å². The molecule has 1 N–H and O–H groups in total. The van der Waals surface area contributed by atoms with Gasteiger partial charge < -0.3 is 9.84 Å². The molecule has 0 unspecified atom stereocenters. The van der Waals surface area contributed by atoms with Gasteiger partial charge in [-0.05, 0) is 19.3 Å². The molecule has 1 saturated heterocycles. The monoisotopic (exact) mass is 281 g/mol. The first-order chi connectivity index (χ1) is 8.79. The number of halogens is 3.